The molecule has 14 heavy (non-hydrogen) atoms. The van der Waals surface area contributed by atoms with Gasteiger partial charge in [-0.3, -0.25) is 9.78 Å². The molecule has 0 aliphatic heterocycles. The van der Waals surface area contributed by atoms with Crippen LogP contribution in [0.1, 0.15) is 10.4 Å². The molecule has 2 aromatic rings. The minimum atomic E-state index is -0.336. The van der Waals surface area contributed by atoms with E-state index in [0.29, 0.717) is 14.7 Å². The Labute approximate surface area is 93.3 Å². The van der Waals surface area contributed by atoms with Crippen molar-refractivity contribution in [1.29, 1.82) is 0 Å². The van der Waals surface area contributed by atoms with Crippen LogP contribution in [0.3, 0.4) is 0 Å². The van der Waals surface area contributed by atoms with Crippen LogP contribution in [0.25, 0.3) is 10.9 Å². The van der Waals surface area contributed by atoms with E-state index in [1.807, 2.05) is 22.6 Å². The quantitative estimate of drug-likeness (QED) is 0.599. The van der Waals surface area contributed by atoms with Gasteiger partial charge in [0.05, 0.1) is 15.3 Å². The predicted molar refractivity (Wildman–Crippen MR) is 59.8 cm³/mol. The van der Waals surface area contributed by atoms with Crippen LogP contribution in [0.4, 0.5) is 4.39 Å². The first-order valence-corrected chi connectivity index (χ1v) is 4.99. The van der Waals surface area contributed by atoms with E-state index in [9.17, 15) is 9.18 Å². The number of hydrogen-bond acceptors (Lipinski definition) is 2. The topological polar surface area (TPSA) is 30.0 Å². The molecule has 0 fully saturated rings. The number of benzene rings is 1. The molecule has 2 rings (SSSR count). The fourth-order valence-electron chi connectivity index (χ4n) is 1.23. The van der Waals surface area contributed by atoms with Crippen molar-refractivity contribution in [1.82, 2.24) is 4.98 Å². The van der Waals surface area contributed by atoms with E-state index in [0.717, 1.165) is 11.7 Å². The lowest BCUT2D eigenvalue weighted by atomic mass is 10.1. The molecule has 0 N–H and O–H groups in total. The lowest BCUT2D eigenvalue weighted by Crippen LogP contribution is -1.89. The molecular weight excluding hydrogens is 296 g/mol. The maximum absolute atomic E-state index is 13.1. The average Bonchev–Trinajstić information content (AvgIpc) is 2.23. The first kappa shape index (κ1) is 9.51. The molecule has 4 heteroatoms. The van der Waals surface area contributed by atoms with E-state index >= 15 is 0 Å². The average molecular weight is 301 g/mol. The van der Waals surface area contributed by atoms with E-state index in [-0.39, 0.29) is 5.82 Å². The van der Waals surface area contributed by atoms with E-state index in [2.05, 4.69) is 4.98 Å². The normalized spacial score (nSPS) is 10.4. The molecule has 1 aromatic carbocycles. The Hall–Kier alpha value is -1.04. The van der Waals surface area contributed by atoms with Crippen molar-refractivity contribution in [3.8, 4) is 0 Å². The SMILES string of the molecule is O=Cc1ccc2c(I)c(F)cnc2c1. The monoisotopic (exact) mass is 301 g/mol. The highest BCUT2D eigenvalue weighted by atomic mass is 127. The summed E-state index contributed by atoms with van der Waals surface area (Å²) in [6.45, 7) is 0. The van der Waals surface area contributed by atoms with E-state index in [1.54, 1.807) is 18.2 Å². The van der Waals surface area contributed by atoms with Crippen molar-refractivity contribution in [3.05, 3.63) is 39.3 Å². The van der Waals surface area contributed by atoms with Crippen molar-refractivity contribution < 1.29 is 9.18 Å². The third kappa shape index (κ3) is 1.50. The van der Waals surface area contributed by atoms with Crippen LogP contribution in [0.5, 0.6) is 0 Å². The van der Waals surface area contributed by atoms with Crippen LogP contribution in [0.15, 0.2) is 24.4 Å². The zero-order valence-electron chi connectivity index (χ0n) is 7.00. The maximum Gasteiger partial charge on any atom is 0.155 e. The van der Waals surface area contributed by atoms with Crippen molar-refractivity contribution in [2.24, 2.45) is 0 Å². The van der Waals surface area contributed by atoms with E-state index in [4.69, 9.17) is 0 Å². The van der Waals surface area contributed by atoms with Gasteiger partial charge in [0.15, 0.2) is 5.82 Å². The summed E-state index contributed by atoms with van der Waals surface area (Å²) >= 11 is 1.92. The summed E-state index contributed by atoms with van der Waals surface area (Å²) in [5, 5.41) is 0.733. The Morgan fingerprint density at radius 2 is 2.21 bits per heavy atom. The molecule has 0 unspecified atom stereocenters. The van der Waals surface area contributed by atoms with Gasteiger partial charge >= 0.3 is 0 Å². The smallest absolute Gasteiger partial charge is 0.155 e. The zero-order chi connectivity index (χ0) is 10.1. The van der Waals surface area contributed by atoms with Gasteiger partial charge in [-0.25, -0.2) is 4.39 Å². The Bertz CT molecular complexity index is 513. The van der Waals surface area contributed by atoms with Crippen LogP contribution < -0.4 is 0 Å². The van der Waals surface area contributed by atoms with Gasteiger partial charge in [-0.1, -0.05) is 12.1 Å². The second-order valence-electron chi connectivity index (χ2n) is 2.81. The fraction of sp³-hybridized carbons (Fsp3) is 0. The molecule has 0 amide bonds. The summed E-state index contributed by atoms with van der Waals surface area (Å²) in [6.07, 6.45) is 1.91. The lowest BCUT2D eigenvalue weighted by Gasteiger charge is -2.01. The number of fused-ring (bicyclic) bond motifs is 1. The van der Waals surface area contributed by atoms with Crippen LogP contribution in [-0.4, -0.2) is 11.3 Å². The second kappa shape index (κ2) is 3.61. The number of pyridine rings is 1. The molecule has 0 saturated carbocycles. The Morgan fingerprint density at radius 3 is 2.93 bits per heavy atom. The standard InChI is InChI=1S/C10H5FINO/c11-8-4-13-9-3-6(5-14)1-2-7(9)10(8)12/h1-5H. The first-order valence-electron chi connectivity index (χ1n) is 3.91. The molecule has 0 radical (unpaired) electrons. The molecule has 0 aliphatic carbocycles. The van der Waals surface area contributed by atoms with Crippen molar-refractivity contribution >= 4 is 39.8 Å². The number of aromatic nitrogens is 1. The minimum Gasteiger partial charge on any atom is -0.298 e. The Balaban J connectivity index is 2.81. The molecule has 0 saturated heterocycles. The highest BCUT2D eigenvalue weighted by Crippen LogP contribution is 2.21. The highest BCUT2D eigenvalue weighted by molar-refractivity contribution is 14.1. The zero-order valence-corrected chi connectivity index (χ0v) is 9.16. The van der Waals surface area contributed by atoms with Gasteiger partial charge in [0.25, 0.3) is 0 Å². The third-order valence-corrected chi connectivity index (χ3v) is 3.02. The number of carbonyl (C=O) groups excluding carboxylic acids is 1. The van der Waals surface area contributed by atoms with Gasteiger partial charge in [0.1, 0.15) is 6.29 Å². The maximum atomic E-state index is 13.1. The number of nitrogens with zero attached hydrogens (tertiary/aromatic N) is 1. The van der Waals surface area contributed by atoms with Crippen LogP contribution >= 0.6 is 22.6 Å². The third-order valence-electron chi connectivity index (χ3n) is 1.92. The lowest BCUT2D eigenvalue weighted by molar-refractivity contribution is 0.112. The fourth-order valence-corrected chi connectivity index (χ4v) is 1.82. The van der Waals surface area contributed by atoms with Gasteiger partial charge in [-0.2, -0.15) is 0 Å². The summed E-state index contributed by atoms with van der Waals surface area (Å²) in [7, 11) is 0. The summed E-state index contributed by atoms with van der Waals surface area (Å²) in [5.41, 5.74) is 1.19. The molecule has 70 valence electrons. The van der Waals surface area contributed by atoms with Crippen LogP contribution in [0, 0.1) is 9.39 Å². The number of aldehydes is 1. The summed E-state index contributed by atoms with van der Waals surface area (Å²) in [6, 6.07) is 5.00. The molecule has 0 atom stereocenters. The number of carbonyl (C=O) groups is 1. The number of rotatable bonds is 1. The van der Waals surface area contributed by atoms with Gasteiger partial charge in [-0.15, -0.1) is 0 Å². The van der Waals surface area contributed by atoms with Crippen molar-refractivity contribution in [2.45, 2.75) is 0 Å². The van der Waals surface area contributed by atoms with Crippen molar-refractivity contribution in [2.75, 3.05) is 0 Å². The molecule has 0 aliphatic rings. The Kier molecular flexibility index (Phi) is 2.45. The molecule has 0 bridgehead atoms. The van der Waals surface area contributed by atoms with Crippen molar-refractivity contribution in [3.63, 3.8) is 0 Å². The predicted octanol–water partition coefficient (Wildman–Crippen LogP) is 2.79. The van der Waals surface area contributed by atoms with Crippen LogP contribution in [-0.2, 0) is 0 Å². The summed E-state index contributed by atoms with van der Waals surface area (Å²) in [5.74, 6) is -0.336. The molecule has 1 aromatic heterocycles. The van der Waals surface area contributed by atoms with Crippen LogP contribution in [0.2, 0.25) is 0 Å². The first-order chi connectivity index (χ1) is 6.72. The highest BCUT2D eigenvalue weighted by Gasteiger charge is 2.05. The summed E-state index contributed by atoms with van der Waals surface area (Å²) in [4.78, 5) is 14.4. The number of hydrogen-bond donors (Lipinski definition) is 0. The second-order valence-corrected chi connectivity index (χ2v) is 3.89. The summed E-state index contributed by atoms with van der Waals surface area (Å²) < 4.78 is 13.6. The molecule has 1 heterocycles. The molecular formula is C10H5FINO. The Morgan fingerprint density at radius 1 is 1.43 bits per heavy atom. The van der Waals surface area contributed by atoms with Gasteiger partial charge < -0.3 is 0 Å². The van der Waals surface area contributed by atoms with E-state index < -0.39 is 0 Å². The van der Waals surface area contributed by atoms with Gasteiger partial charge in [0, 0.05) is 10.9 Å². The van der Waals surface area contributed by atoms with Gasteiger partial charge in [0.2, 0.25) is 0 Å². The number of halogens is 2. The van der Waals surface area contributed by atoms with E-state index in [1.165, 1.54) is 6.20 Å². The molecule has 2 nitrogen and oxygen atoms in total. The molecule has 0 spiro atoms. The minimum absolute atomic E-state index is 0.336. The van der Waals surface area contributed by atoms with Gasteiger partial charge in [-0.05, 0) is 28.7 Å². The largest absolute Gasteiger partial charge is 0.298 e.